The molecule has 0 saturated heterocycles. The summed E-state index contributed by atoms with van der Waals surface area (Å²) in [6, 6.07) is 4.88. The summed E-state index contributed by atoms with van der Waals surface area (Å²) < 4.78 is 41.6. The summed E-state index contributed by atoms with van der Waals surface area (Å²) in [5, 5.41) is 0.473. The summed E-state index contributed by atoms with van der Waals surface area (Å²) >= 11 is 5.79. The molecule has 0 radical (unpaired) electrons. The van der Waals surface area contributed by atoms with E-state index in [1.54, 1.807) is 18.2 Å². The minimum absolute atomic E-state index is 0.128. The largest absolute Gasteiger partial charge is 0.496 e. The number of rotatable bonds is 4. The number of halogens is 4. The van der Waals surface area contributed by atoms with Crippen molar-refractivity contribution in [3.8, 4) is 5.75 Å². The van der Waals surface area contributed by atoms with E-state index in [2.05, 4.69) is 0 Å². The van der Waals surface area contributed by atoms with E-state index in [9.17, 15) is 13.2 Å². The Morgan fingerprint density at radius 2 is 2.00 bits per heavy atom. The minimum Gasteiger partial charge on any atom is -0.496 e. The van der Waals surface area contributed by atoms with Crippen LogP contribution >= 0.6 is 11.6 Å². The summed E-state index contributed by atoms with van der Waals surface area (Å²) in [6.45, 7) is -0.841. The summed E-state index contributed by atoms with van der Waals surface area (Å²) in [6.07, 6.45) is -4.21. The van der Waals surface area contributed by atoms with Gasteiger partial charge in [-0.3, -0.25) is 4.90 Å². The second-order valence-corrected chi connectivity index (χ2v) is 4.18. The molecule has 96 valence electrons. The van der Waals surface area contributed by atoms with Gasteiger partial charge in [-0.2, -0.15) is 13.2 Å². The van der Waals surface area contributed by atoms with Gasteiger partial charge in [-0.05, 0) is 25.2 Å². The molecule has 0 aliphatic carbocycles. The zero-order chi connectivity index (χ0) is 13.1. The van der Waals surface area contributed by atoms with Crippen molar-refractivity contribution in [1.29, 1.82) is 0 Å². The van der Waals surface area contributed by atoms with Crippen LogP contribution in [0.5, 0.6) is 5.75 Å². The molecule has 6 heteroatoms. The molecule has 0 spiro atoms. The first-order valence-electron chi connectivity index (χ1n) is 4.89. The van der Waals surface area contributed by atoms with Gasteiger partial charge in [-0.15, -0.1) is 0 Å². The van der Waals surface area contributed by atoms with Gasteiger partial charge in [-0.1, -0.05) is 11.6 Å². The van der Waals surface area contributed by atoms with E-state index >= 15 is 0 Å². The van der Waals surface area contributed by atoms with E-state index in [0.717, 1.165) is 4.90 Å². The van der Waals surface area contributed by atoms with Crippen LogP contribution in [0.4, 0.5) is 13.2 Å². The van der Waals surface area contributed by atoms with Gasteiger partial charge in [0.15, 0.2) is 0 Å². The van der Waals surface area contributed by atoms with E-state index in [4.69, 9.17) is 16.3 Å². The molecule has 0 atom stereocenters. The molecule has 0 amide bonds. The first kappa shape index (κ1) is 14.1. The highest BCUT2D eigenvalue weighted by Crippen LogP contribution is 2.25. The lowest BCUT2D eigenvalue weighted by atomic mass is 10.2. The van der Waals surface area contributed by atoms with Crippen molar-refractivity contribution >= 4 is 11.6 Å². The molecule has 0 heterocycles. The maximum absolute atomic E-state index is 12.2. The number of ether oxygens (including phenoxy) is 1. The fourth-order valence-electron chi connectivity index (χ4n) is 1.52. The third-order valence-electron chi connectivity index (χ3n) is 2.13. The first-order chi connectivity index (χ1) is 7.81. The summed E-state index contributed by atoms with van der Waals surface area (Å²) in [4.78, 5) is 1.16. The molecule has 0 aliphatic rings. The molecule has 0 fully saturated rings. The van der Waals surface area contributed by atoms with Crippen LogP contribution in [0.15, 0.2) is 18.2 Å². The van der Waals surface area contributed by atoms with E-state index < -0.39 is 12.7 Å². The van der Waals surface area contributed by atoms with Crippen LogP contribution in [0.25, 0.3) is 0 Å². The van der Waals surface area contributed by atoms with Gasteiger partial charge in [-0.25, -0.2) is 0 Å². The Balaban J connectivity index is 2.76. The van der Waals surface area contributed by atoms with E-state index in [1.807, 2.05) is 0 Å². The number of benzene rings is 1. The highest BCUT2D eigenvalue weighted by molar-refractivity contribution is 6.30. The van der Waals surface area contributed by atoms with Crippen molar-refractivity contribution in [3.05, 3.63) is 28.8 Å². The van der Waals surface area contributed by atoms with Gasteiger partial charge >= 0.3 is 6.18 Å². The molecule has 0 bridgehead atoms. The van der Waals surface area contributed by atoms with E-state index in [-0.39, 0.29) is 6.54 Å². The zero-order valence-corrected chi connectivity index (χ0v) is 10.3. The number of alkyl halides is 3. The van der Waals surface area contributed by atoms with Crippen LogP contribution in [0.1, 0.15) is 5.56 Å². The van der Waals surface area contributed by atoms with Gasteiger partial charge in [0.25, 0.3) is 0 Å². The molecule has 1 aromatic carbocycles. The van der Waals surface area contributed by atoms with Crippen LogP contribution in [-0.4, -0.2) is 31.8 Å². The monoisotopic (exact) mass is 267 g/mol. The lowest BCUT2D eigenvalue weighted by Crippen LogP contribution is -2.30. The van der Waals surface area contributed by atoms with Crippen LogP contribution in [0.2, 0.25) is 5.02 Å². The van der Waals surface area contributed by atoms with Gasteiger partial charge < -0.3 is 4.74 Å². The minimum atomic E-state index is -4.21. The topological polar surface area (TPSA) is 12.5 Å². The molecule has 0 aliphatic heterocycles. The Morgan fingerprint density at radius 3 is 2.53 bits per heavy atom. The third kappa shape index (κ3) is 4.83. The standard InChI is InChI=1S/C11H13ClF3NO/c1-16(7-11(13,14)15)6-8-5-9(12)3-4-10(8)17-2/h3-5H,6-7H2,1-2H3. The lowest BCUT2D eigenvalue weighted by Gasteiger charge is -2.19. The average Bonchev–Trinajstić information content (AvgIpc) is 2.14. The van der Waals surface area contributed by atoms with Gasteiger partial charge in [0.1, 0.15) is 5.75 Å². The van der Waals surface area contributed by atoms with Crippen LogP contribution in [0.3, 0.4) is 0 Å². The molecule has 2 nitrogen and oxygen atoms in total. The summed E-state index contributed by atoms with van der Waals surface area (Å²) in [5.74, 6) is 0.531. The maximum Gasteiger partial charge on any atom is 0.401 e. The molecule has 1 aromatic rings. The molecular weight excluding hydrogens is 255 g/mol. The van der Waals surface area contributed by atoms with Crippen molar-refractivity contribution in [3.63, 3.8) is 0 Å². The predicted molar refractivity (Wildman–Crippen MR) is 60.4 cm³/mol. The SMILES string of the molecule is COc1ccc(Cl)cc1CN(C)CC(F)(F)F. The smallest absolute Gasteiger partial charge is 0.401 e. The Bertz CT molecular complexity index is 381. The molecular formula is C11H13ClF3NO. The number of hydrogen-bond donors (Lipinski definition) is 0. The van der Waals surface area contributed by atoms with Crippen molar-refractivity contribution in [1.82, 2.24) is 4.90 Å². The van der Waals surface area contributed by atoms with Crippen molar-refractivity contribution in [2.45, 2.75) is 12.7 Å². The maximum atomic E-state index is 12.2. The normalized spacial score (nSPS) is 11.9. The summed E-state index contributed by atoms with van der Waals surface area (Å²) in [5.41, 5.74) is 0.631. The lowest BCUT2D eigenvalue weighted by molar-refractivity contribution is -0.144. The Morgan fingerprint density at radius 1 is 1.35 bits per heavy atom. The highest BCUT2D eigenvalue weighted by Gasteiger charge is 2.29. The number of hydrogen-bond acceptors (Lipinski definition) is 2. The third-order valence-corrected chi connectivity index (χ3v) is 2.37. The molecule has 17 heavy (non-hydrogen) atoms. The van der Waals surface area contributed by atoms with Gasteiger partial charge in [0.05, 0.1) is 13.7 Å². The van der Waals surface area contributed by atoms with E-state index in [1.165, 1.54) is 14.2 Å². The molecule has 0 aromatic heterocycles. The van der Waals surface area contributed by atoms with Gasteiger partial charge in [0.2, 0.25) is 0 Å². The number of nitrogens with zero attached hydrogens (tertiary/aromatic N) is 1. The summed E-state index contributed by atoms with van der Waals surface area (Å²) in [7, 11) is 2.87. The average molecular weight is 268 g/mol. The molecule has 0 unspecified atom stereocenters. The van der Waals surface area contributed by atoms with Crippen LogP contribution in [-0.2, 0) is 6.54 Å². The van der Waals surface area contributed by atoms with E-state index in [0.29, 0.717) is 16.3 Å². The molecule has 1 rings (SSSR count). The first-order valence-corrected chi connectivity index (χ1v) is 5.27. The fourth-order valence-corrected chi connectivity index (χ4v) is 1.72. The molecule has 0 N–H and O–H groups in total. The quantitative estimate of drug-likeness (QED) is 0.830. The zero-order valence-electron chi connectivity index (χ0n) is 9.51. The molecule has 0 saturated carbocycles. The predicted octanol–water partition coefficient (Wildman–Crippen LogP) is 3.34. The highest BCUT2D eigenvalue weighted by atomic mass is 35.5. The van der Waals surface area contributed by atoms with Crippen molar-refractivity contribution < 1.29 is 17.9 Å². The van der Waals surface area contributed by atoms with Crippen molar-refractivity contribution in [2.24, 2.45) is 0 Å². The Hall–Kier alpha value is -0.940. The second-order valence-electron chi connectivity index (χ2n) is 3.74. The Labute approximate surface area is 103 Å². The fraction of sp³-hybridized carbons (Fsp3) is 0.455. The van der Waals surface area contributed by atoms with Crippen molar-refractivity contribution in [2.75, 3.05) is 20.7 Å². The van der Waals surface area contributed by atoms with Crippen LogP contribution < -0.4 is 4.74 Å². The van der Waals surface area contributed by atoms with Crippen LogP contribution in [0, 0.1) is 0 Å². The number of methoxy groups -OCH3 is 1. The van der Waals surface area contributed by atoms with Gasteiger partial charge in [0, 0.05) is 17.1 Å². The Kier molecular flexibility index (Phi) is 4.65. The second kappa shape index (κ2) is 5.60.